The predicted molar refractivity (Wildman–Crippen MR) is 154 cm³/mol. The first-order chi connectivity index (χ1) is 20.5. The van der Waals surface area contributed by atoms with Crippen LogP contribution in [0.25, 0.3) is 22.2 Å². The summed E-state index contributed by atoms with van der Waals surface area (Å²) in [5.41, 5.74) is 1.18. The van der Waals surface area contributed by atoms with Gasteiger partial charge in [-0.05, 0) is 43.2 Å². The molecular weight excluding hydrogens is 563 g/mol. The molecule has 3 heterocycles. The van der Waals surface area contributed by atoms with Crippen molar-refractivity contribution in [3.05, 3.63) is 105 Å². The highest BCUT2D eigenvalue weighted by Crippen LogP contribution is 2.35. The van der Waals surface area contributed by atoms with Gasteiger partial charge in [0.2, 0.25) is 5.43 Å². The van der Waals surface area contributed by atoms with Crippen LogP contribution in [0.2, 0.25) is 0 Å². The minimum atomic E-state index is -0.935. The van der Waals surface area contributed by atoms with Crippen LogP contribution < -0.4 is 19.6 Å². The van der Waals surface area contributed by atoms with Crippen LogP contribution in [0.15, 0.2) is 59.5 Å². The Kier molecular flexibility index (Phi) is 7.90. The van der Waals surface area contributed by atoms with Crippen molar-refractivity contribution in [2.24, 2.45) is 7.05 Å². The second-order valence-electron chi connectivity index (χ2n) is 9.77. The number of nitrogens with zero attached hydrogens (tertiary/aromatic N) is 3. The highest BCUT2D eigenvalue weighted by Gasteiger charge is 2.24. The van der Waals surface area contributed by atoms with Gasteiger partial charge in [-0.2, -0.15) is 0 Å². The maximum Gasteiger partial charge on any atom is 0.257 e. The minimum Gasteiger partial charge on any atom is -0.491 e. The number of aromatic nitrogens is 3. The maximum atomic E-state index is 15.3. The molecule has 220 valence electrons. The Labute approximate surface area is 244 Å². The molecule has 2 aromatic carbocycles. The lowest BCUT2D eigenvalue weighted by Crippen LogP contribution is -2.26. The Balaban J connectivity index is 1.48. The van der Waals surface area contributed by atoms with Gasteiger partial charge in [0, 0.05) is 54.8 Å². The molecule has 0 fully saturated rings. The zero-order valence-corrected chi connectivity index (χ0v) is 23.9. The van der Waals surface area contributed by atoms with E-state index in [2.05, 4.69) is 9.97 Å². The highest BCUT2D eigenvalue weighted by molar-refractivity contribution is 5.99. The van der Waals surface area contributed by atoms with E-state index in [0.29, 0.717) is 28.2 Å². The van der Waals surface area contributed by atoms with Gasteiger partial charge in [-0.3, -0.25) is 14.6 Å². The van der Waals surface area contributed by atoms with E-state index in [4.69, 9.17) is 14.2 Å². The first-order valence-electron chi connectivity index (χ1n) is 13.1. The van der Waals surface area contributed by atoms with Crippen LogP contribution in [0.5, 0.6) is 23.1 Å². The van der Waals surface area contributed by atoms with Gasteiger partial charge in [-0.25, -0.2) is 18.2 Å². The molecule has 0 radical (unpaired) electrons. The summed E-state index contributed by atoms with van der Waals surface area (Å²) in [4.78, 5) is 35.5. The van der Waals surface area contributed by atoms with E-state index in [-0.39, 0.29) is 33.8 Å². The molecule has 8 nitrogen and oxygen atoms in total. The summed E-state index contributed by atoms with van der Waals surface area (Å²) in [6.45, 7) is 3.31. The lowest BCUT2D eigenvalue weighted by Gasteiger charge is -2.17. The lowest BCUT2D eigenvalue weighted by molar-refractivity contribution is 0.0989. The number of benzene rings is 2. The Morgan fingerprint density at radius 3 is 2.28 bits per heavy atom. The van der Waals surface area contributed by atoms with Crippen LogP contribution >= 0.6 is 0 Å². The second-order valence-corrected chi connectivity index (χ2v) is 9.77. The third-order valence-electron chi connectivity index (χ3n) is 7.29. The molecular formula is C32H26F3N3O5. The first kappa shape index (κ1) is 29.3. The monoisotopic (exact) mass is 589 g/mol. The predicted octanol–water partition coefficient (Wildman–Crippen LogP) is 6.26. The zero-order chi connectivity index (χ0) is 31.0. The summed E-state index contributed by atoms with van der Waals surface area (Å²) < 4.78 is 61.9. The summed E-state index contributed by atoms with van der Waals surface area (Å²) in [7, 11) is 4.53. The molecule has 0 saturated heterocycles. The van der Waals surface area contributed by atoms with Crippen LogP contribution in [-0.2, 0) is 13.5 Å². The lowest BCUT2D eigenvalue weighted by atomic mass is 9.95. The number of fused-ring (bicyclic) bond motifs is 1. The summed E-state index contributed by atoms with van der Waals surface area (Å²) >= 11 is 0. The molecule has 0 bridgehead atoms. The molecule has 0 atom stereocenters. The van der Waals surface area contributed by atoms with E-state index >= 15 is 8.78 Å². The van der Waals surface area contributed by atoms with E-state index in [0.717, 1.165) is 12.1 Å². The van der Waals surface area contributed by atoms with Crippen molar-refractivity contribution in [3.63, 3.8) is 0 Å². The normalized spacial score (nSPS) is 11.1. The van der Waals surface area contributed by atoms with E-state index in [1.807, 2.05) is 0 Å². The van der Waals surface area contributed by atoms with Gasteiger partial charge < -0.3 is 18.8 Å². The number of methoxy groups -OCH3 is 2. The van der Waals surface area contributed by atoms with Crippen LogP contribution in [-0.4, -0.2) is 34.5 Å². The van der Waals surface area contributed by atoms with Crippen molar-refractivity contribution >= 4 is 16.8 Å². The number of rotatable bonds is 8. The fourth-order valence-corrected chi connectivity index (χ4v) is 4.88. The molecule has 0 spiro atoms. The number of carbonyl (C=O) groups excluding carboxylic acids is 1. The molecule has 0 N–H and O–H groups in total. The van der Waals surface area contributed by atoms with Gasteiger partial charge >= 0.3 is 0 Å². The van der Waals surface area contributed by atoms with Crippen LogP contribution in [0.1, 0.15) is 27.3 Å². The van der Waals surface area contributed by atoms with Gasteiger partial charge in [0.1, 0.15) is 17.2 Å². The standard InChI is InChI=1S/C32H26F3N3O5/c1-16-28(18-6-8-20(33)9-7-18)31(40)29(17(2)38(16)3)24(39)13-19-12-22(35)26(14-21(19)34)43-25-10-11-36-23-15-27(41-4)32(42-5)37-30(23)25/h6-12,14-15H,13H2,1-5H3. The SMILES string of the molecule is COc1cc2nccc(Oc3cc(F)c(CC(=O)c4c(C)n(C)c(C)c(-c5ccc(F)cc5)c4=O)cc3F)c2nc1OC. The smallest absolute Gasteiger partial charge is 0.257 e. The van der Waals surface area contributed by atoms with E-state index in [1.165, 1.54) is 50.7 Å². The van der Waals surface area contributed by atoms with Gasteiger partial charge in [-0.15, -0.1) is 0 Å². The fraction of sp³-hybridized carbons (Fsp3) is 0.188. The molecule has 0 aliphatic rings. The molecule has 0 saturated carbocycles. The molecule has 0 unspecified atom stereocenters. The summed E-state index contributed by atoms with van der Waals surface area (Å²) in [5, 5.41) is 0. The number of carbonyl (C=O) groups is 1. The van der Waals surface area contributed by atoms with E-state index in [9.17, 15) is 14.0 Å². The number of Topliss-reactive ketones (excluding diaryl/α,β-unsaturated/α-hetero) is 1. The third kappa shape index (κ3) is 5.41. The van der Waals surface area contributed by atoms with Gasteiger partial charge in [0.15, 0.2) is 28.8 Å². The molecule has 3 aromatic heterocycles. The number of halogens is 3. The van der Waals surface area contributed by atoms with Crippen molar-refractivity contribution in [1.29, 1.82) is 0 Å². The van der Waals surface area contributed by atoms with Gasteiger partial charge in [0.25, 0.3) is 5.88 Å². The van der Waals surface area contributed by atoms with Gasteiger partial charge in [0.05, 0.1) is 25.3 Å². The van der Waals surface area contributed by atoms with Crippen LogP contribution in [0, 0.1) is 31.3 Å². The van der Waals surface area contributed by atoms with Gasteiger partial charge in [-0.1, -0.05) is 12.1 Å². The van der Waals surface area contributed by atoms with Crippen molar-refractivity contribution in [2.75, 3.05) is 14.2 Å². The summed E-state index contributed by atoms with van der Waals surface area (Å²) in [6, 6.07) is 10.0. The topological polar surface area (TPSA) is 92.5 Å². The minimum absolute atomic E-state index is 0.0835. The number of ether oxygens (including phenoxy) is 3. The maximum absolute atomic E-state index is 15.3. The average molecular weight is 590 g/mol. The molecule has 5 rings (SSSR count). The second kappa shape index (κ2) is 11.6. The number of hydrogen-bond acceptors (Lipinski definition) is 7. The zero-order valence-electron chi connectivity index (χ0n) is 23.9. The van der Waals surface area contributed by atoms with E-state index in [1.54, 1.807) is 31.5 Å². The van der Waals surface area contributed by atoms with Crippen molar-refractivity contribution in [3.8, 4) is 34.3 Å². The first-order valence-corrected chi connectivity index (χ1v) is 13.1. The fourth-order valence-electron chi connectivity index (χ4n) is 4.88. The number of hydrogen-bond donors (Lipinski definition) is 0. The van der Waals surface area contributed by atoms with E-state index < -0.39 is 40.8 Å². The summed E-state index contributed by atoms with van der Waals surface area (Å²) in [6.07, 6.45) is 0.832. The van der Waals surface area contributed by atoms with Crippen molar-refractivity contribution < 1.29 is 32.2 Å². The largest absolute Gasteiger partial charge is 0.491 e. The summed E-state index contributed by atoms with van der Waals surface area (Å²) in [5.74, 6) is -2.90. The Bertz CT molecular complexity index is 1960. The number of pyridine rings is 3. The van der Waals surface area contributed by atoms with Crippen LogP contribution in [0.3, 0.4) is 0 Å². The molecule has 0 amide bonds. The number of ketones is 1. The Morgan fingerprint density at radius 2 is 1.60 bits per heavy atom. The Morgan fingerprint density at radius 1 is 0.884 bits per heavy atom. The molecule has 43 heavy (non-hydrogen) atoms. The van der Waals surface area contributed by atoms with Crippen molar-refractivity contribution in [2.45, 2.75) is 20.3 Å². The third-order valence-corrected chi connectivity index (χ3v) is 7.29. The Hall–Kier alpha value is -5.19. The quantitative estimate of drug-likeness (QED) is 0.197. The molecule has 5 aromatic rings. The average Bonchev–Trinajstić information content (AvgIpc) is 2.99. The molecule has 0 aliphatic carbocycles. The molecule has 0 aliphatic heterocycles. The van der Waals surface area contributed by atoms with Crippen LogP contribution in [0.4, 0.5) is 13.2 Å². The van der Waals surface area contributed by atoms with Crippen molar-refractivity contribution in [1.82, 2.24) is 14.5 Å². The molecule has 11 heteroatoms. The highest BCUT2D eigenvalue weighted by atomic mass is 19.1.